The van der Waals surface area contributed by atoms with E-state index >= 15 is 0 Å². The lowest BCUT2D eigenvalue weighted by molar-refractivity contribution is -0.151. The molecular formula is C22H28F2N2O3. The van der Waals surface area contributed by atoms with Crippen LogP contribution in [0.3, 0.4) is 0 Å². The van der Waals surface area contributed by atoms with Gasteiger partial charge in [0.2, 0.25) is 5.91 Å². The number of ether oxygens (including phenoxy) is 1. The van der Waals surface area contributed by atoms with Crippen LogP contribution in [-0.2, 0) is 20.7 Å². The molecule has 7 heteroatoms. The Bertz CT molecular complexity index is 821. The second-order valence-electron chi connectivity index (χ2n) is 7.13. The van der Waals surface area contributed by atoms with Crippen molar-refractivity contribution in [1.29, 1.82) is 0 Å². The van der Waals surface area contributed by atoms with E-state index in [0.717, 1.165) is 0 Å². The molecule has 0 bridgehead atoms. The van der Waals surface area contributed by atoms with Crippen LogP contribution in [0.5, 0.6) is 0 Å². The summed E-state index contributed by atoms with van der Waals surface area (Å²) in [6.07, 6.45) is 1.99. The summed E-state index contributed by atoms with van der Waals surface area (Å²) in [5.74, 6) is -0.907. The minimum Gasteiger partial charge on any atom is -0.467 e. The van der Waals surface area contributed by atoms with Crippen molar-refractivity contribution < 1.29 is 23.1 Å². The minimum atomic E-state index is -2.77. The number of esters is 1. The van der Waals surface area contributed by atoms with E-state index in [1.165, 1.54) is 18.1 Å². The highest BCUT2D eigenvalue weighted by Gasteiger charge is 2.39. The molecule has 0 aliphatic carbocycles. The lowest BCUT2D eigenvalue weighted by Crippen LogP contribution is -2.45. The van der Waals surface area contributed by atoms with Crippen molar-refractivity contribution in [3.8, 4) is 0 Å². The van der Waals surface area contributed by atoms with Crippen LogP contribution < -0.4 is 5.73 Å². The van der Waals surface area contributed by atoms with Crippen molar-refractivity contribution in [2.75, 3.05) is 13.7 Å². The predicted molar refractivity (Wildman–Crippen MR) is 109 cm³/mol. The first kappa shape index (κ1) is 22.6. The van der Waals surface area contributed by atoms with E-state index in [1.807, 2.05) is 6.92 Å². The maximum Gasteiger partial charge on any atom is 0.328 e. The van der Waals surface area contributed by atoms with E-state index in [0.29, 0.717) is 30.5 Å². The normalized spacial score (nSPS) is 17.9. The molecule has 2 rings (SSSR count). The molecule has 0 aromatic heterocycles. The first-order valence-electron chi connectivity index (χ1n) is 9.65. The standard InChI is InChI=1S/C22H28F2N2O3/c1-5-7-15-10-16(18(20(23)24)12-17(15)13(3)25)11-19(22(28)29-4)26-9-8-14(6-2)21(26)27/h5,7,10,12,14,19-20H,3,6,8-9,11,25H2,1-2,4H3/b7-5-. The first-order valence-corrected chi connectivity index (χ1v) is 9.65. The fourth-order valence-corrected chi connectivity index (χ4v) is 3.77. The van der Waals surface area contributed by atoms with Gasteiger partial charge in [-0.25, -0.2) is 13.6 Å². The number of nitrogens with two attached hydrogens (primary N) is 1. The van der Waals surface area contributed by atoms with E-state index < -0.39 is 18.4 Å². The lowest BCUT2D eigenvalue weighted by Gasteiger charge is -2.27. The van der Waals surface area contributed by atoms with Crippen molar-refractivity contribution in [1.82, 2.24) is 4.90 Å². The third-order valence-electron chi connectivity index (χ3n) is 5.34. The number of allylic oxidation sites excluding steroid dienone is 1. The monoisotopic (exact) mass is 406 g/mol. The summed E-state index contributed by atoms with van der Waals surface area (Å²) < 4.78 is 32.5. The predicted octanol–water partition coefficient (Wildman–Crippen LogP) is 3.93. The highest BCUT2D eigenvalue weighted by Crippen LogP contribution is 2.32. The van der Waals surface area contributed by atoms with Crippen LogP contribution in [-0.4, -0.2) is 36.5 Å². The van der Waals surface area contributed by atoms with Crippen molar-refractivity contribution in [2.45, 2.75) is 45.6 Å². The largest absolute Gasteiger partial charge is 0.467 e. The number of carbonyl (C=O) groups excluding carboxylic acids is 2. The van der Waals surface area contributed by atoms with Gasteiger partial charge in [0.25, 0.3) is 6.43 Å². The number of hydrogen-bond acceptors (Lipinski definition) is 4. The molecule has 0 radical (unpaired) electrons. The quantitative estimate of drug-likeness (QED) is 0.664. The van der Waals surface area contributed by atoms with Crippen LogP contribution in [0.1, 0.15) is 55.4 Å². The molecule has 1 aromatic rings. The van der Waals surface area contributed by atoms with Crippen LogP contribution in [0.15, 0.2) is 24.8 Å². The molecule has 1 aromatic carbocycles. The molecule has 2 unspecified atom stereocenters. The van der Waals surface area contributed by atoms with Gasteiger partial charge in [-0.3, -0.25) is 4.79 Å². The smallest absolute Gasteiger partial charge is 0.328 e. The summed E-state index contributed by atoms with van der Waals surface area (Å²) in [6, 6.07) is 1.95. The maximum atomic E-state index is 13.8. The number of halogens is 2. The topological polar surface area (TPSA) is 72.6 Å². The molecule has 1 amide bonds. The Hall–Kier alpha value is -2.70. The molecule has 1 aliphatic heterocycles. The van der Waals surface area contributed by atoms with E-state index in [2.05, 4.69) is 6.58 Å². The van der Waals surface area contributed by atoms with Gasteiger partial charge in [0, 0.05) is 35.7 Å². The molecule has 0 spiro atoms. The Morgan fingerprint density at radius 3 is 2.62 bits per heavy atom. The molecule has 0 saturated carbocycles. The van der Waals surface area contributed by atoms with Gasteiger partial charge in [-0.2, -0.15) is 0 Å². The third kappa shape index (κ3) is 4.83. The van der Waals surface area contributed by atoms with Gasteiger partial charge >= 0.3 is 5.97 Å². The summed E-state index contributed by atoms with van der Waals surface area (Å²) in [5.41, 5.74) is 7.05. The van der Waals surface area contributed by atoms with Crippen molar-refractivity contribution in [3.63, 3.8) is 0 Å². The molecule has 2 N–H and O–H groups in total. The number of alkyl halides is 2. The number of rotatable bonds is 8. The Kier molecular flexibility index (Phi) is 7.53. The van der Waals surface area contributed by atoms with Gasteiger partial charge in [-0.05, 0) is 37.0 Å². The minimum absolute atomic E-state index is 0.0591. The SMILES string of the molecule is C=C(N)c1cc(C(F)F)c(CC(C(=O)OC)N2CCC(CC)C2=O)cc1/C=C\C. The fourth-order valence-electron chi connectivity index (χ4n) is 3.77. The molecule has 1 aliphatic rings. The van der Waals surface area contributed by atoms with Gasteiger partial charge < -0.3 is 15.4 Å². The second kappa shape index (κ2) is 9.67. The van der Waals surface area contributed by atoms with Crippen molar-refractivity contribution in [3.05, 3.63) is 47.0 Å². The number of benzene rings is 1. The van der Waals surface area contributed by atoms with Crippen LogP contribution >= 0.6 is 0 Å². The van der Waals surface area contributed by atoms with Gasteiger partial charge in [0.15, 0.2) is 0 Å². The first-order chi connectivity index (χ1) is 13.7. The zero-order valence-electron chi connectivity index (χ0n) is 17.1. The molecule has 1 saturated heterocycles. The maximum absolute atomic E-state index is 13.8. The summed E-state index contributed by atoms with van der Waals surface area (Å²) in [6.45, 7) is 7.78. The number of carbonyl (C=O) groups is 2. The summed E-state index contributed by atoms with van der Waals surface area (Å²) >= 11 is 0. The van der Waals surface area contributed by atoms with Crippen molar-refractivity contribution >= 4 is 23.6 Å². The average molecular weight is 406 g/mol. The van der Waals surface area contributed by atoms with Crippen LogP contribution in [0, 0.1) is 5.92 Å². The molecule has 1 fully saturated rings. The molecule has 29 heavy (non-hydrogen) atoms. The second-order valence-corrected chi connectivity index (χ2v) is 7.13. The highest BCUT2D eigenvalue weighted by molar-refractivity contribution is 5.87. The fraction of sp³-hybridized carbons (Fsp3) is 0.455. The number of hydrogen-bond donors (Lipinski definition) is 1. The van der Waals surface area contributed by atoms with Gasteiger partial charge in [-0.15, -0.1) is 0 Å². The average Bonchev–Trinajstić information content (AvgIpc) is 3.05. The zero-order valence-corrected chi connectivity index (χ0v) is 17.1. The molecule has 158 valence electrons. The summed E-state index contributed by atoms with van der Waals surface area (Å²) in [5, 5.41) is 0. The van der Waals surface area contributed by atoms with E-state index in [9.17, 15) is 18.4 Å². The molecule has 2 atom stereocenters. The molecular weight excluding hydrogens is 378 g/mol. The Morgan fingerprint density at radius 2 is 2.14 bits per heavy atom. The van der Waals surface area contributed by atoms with Crippen LogP contribution in [0.4, 0.5) is 8.78 Å². The van der Waals surface area contributed by atoms with E-state index in [1.54, 1.807) is 25.1 Å². The lowest BCUT2D eigenvalue weighted by atomic mass is 9.92. The summed E-state index contributed by atoms with van der Waals surface area (Å²) in [7, 11) is 1.23. The van der Waals surface area contributed by atoms with Crippen LogP contribution in [0.2, 0.25) is 0 Å². The van der Waals surface area contributed by atoms with E-state index in [-0.39, 0.29) is 35.1 Å². The summed E-state index contributed by atoms with van der Waals surface area (Å²) in [4.78, 5) is 26.6. The van der Waals surface area contributed by atoms with E-state index in [4.69, 9.17) is 10.5 Å². The highest BCUT2D eigenvalue weighted by atomic mass is 19.3. The van der Waals surface area contributed by atoms with Gasteiger partial charge in [0.05, 0.1) is 7.11 Å². The third-order valence-corrected chi connectivity index (χ3v) is 5.34. The molecule has 5 nitrogen and oxygen atoms in total. The van der Waals surface area contributed by atoms with Gasteiger partial charge in [0.1, 0.15) is 6.04 Å². The number of likely N-dealkylation sites (tertiary alicyclic amines) is 1. The van der Waals surface area contributed by atoms with Crippen molar-refractivity contribution in [2.24, 2.45) is 11.7 Å². The molecule has 1 heterocycles. The number of amides is 1. The number of nitrogens with zero attached hydrogens (tertiary/aromatic N) is 1. The van der Waals surface area contributed by atoms with Gasteiger partial charge in [-0.1, -0.05) is 31.7 Å². The Balaban J connectivity index is 2.52. The Morgan fingerprint density at radius 1 is 1.45 bits per heavy atom. The van der Waals surface area contributed by atoms with Crippen LogP contribution in [0.25, 0.3) is 11.8 Å². The Labute approximate surface area is 170 Å². The number of methoxy groups -OCH3 is 1. The zero-order chi connectivity index (χ0) is 21.7.